The number of carbonyl (C=O) groups excluding carboxylic acids is 1. The van der Waals surface area contributed by atoms with E-state index in [2.05, 4.69) is 17.4 Å². The van der Waals surface area contributed by atoms with Crippen LogP contribution in [-0.2, 0) is 0 Å². The number of rotatable bonds is 5. The first-order valence-corrected chi connectivity index (χ1v) is 8.05. The summed E-state index contributed by atoms with van der Waals surface area (Å²) < 4.78 is 6.19. The molecule has 0 radical (unpaired) electrons. The number of amides is 1. The van der Waals surface area contributed by atoms with E-state index in [4.69, 9.17) is 4.74 Å². The fourth-order valence-electron chi connectivity index (χ4n) is 2.60. The lowest BCUT2D eigenvalue weighted by Crippen LogP contribution is -2.42. The third-order valence-corrected chi connectivity index (χ3v) is 3.85. The Morgan fingerprint density at radius 3 is 2.32 bits per heavy atom. The summed E-state index contributed by atoms with van der Waals surface area (Å²) in [6, 6.07) is 23.3. The summed E-state index contributed by atoms with van der Waals surface area (Å²) in [4.78, 5) is 12.2. The third-order valence-electron chi connectivity index (χ3n) is 3.85. The molecule has 1 N–H and O–H groups in total. The van der Waals surface area contributed by atoms with Crippen molar-refractivity contribution in [1.82, 2.24) is 5.32 Å². The summed E-state index contributed by atoms with van der Waals surface area (Å²) in [6.45, 7) is 4.37. The van der Waals surface area contributed by atoms with Crippen molar-refractivity contribution in [3.8, 4) is 5.75 Å². The number of nitrogens with one attached hydrogen (secondary N) is 1. The van der Waals surface area contributed by atoms with Crippen LogP contribution in [0.25, 0.3) is 10.8 Å². The van der Waals surface area contributed by atoms with Crippen LogP contribution in [0.3, 0.4) is 0 Å². The molecule has 25 heavy (non-hydrogen) atoms. The minimum Gasteiger partial charge on any atom is -0.485 e. The topological polar surface area (TPSA) is 38.3 Å². The average molecular weight is 356 g/mol. The molecule has 3 aromatic rings. The lowest BCUT2D eigenvalue weighted by Gasteiger charge is -2.27. The zero-order valence-electron chi connectivity index (χ0n) is 14.4. The second-order valence-corrected chi connectivity index (χ2v) is 6.39. The SMILES string of the molecule is CC(C)(CNC(=O)c1ccccc1)Oc1cccc2ccccc12.Cl. The Kier molecular flexibility index (Phi) is 6.05. The van der Waals surface area contributed by atoms with E-state index in [1.165, 1.54) is 0 Å². The largest absolute Gasteiger partial charge is 0.485 e. The van der Waals surface area contributed by atoms with Crippen molar-refractivity contribution in [2.45, 2.75) is 19.4 Å². The number of carbonyl (C=O) groups is 1. The molecule has 0 aliphatic heterocycles. The van der Waals surface area contributed by atoms with Gasteiger partial charge in [-0.15, -0.1) is 12.4 Å². The number of fused-ring (bicyclic) bond motifs is 1. The van der Waals surface area contributed by atoms with Crippen LogP contribution in [0.5, 0.6) is 5.75 Å². The molecular weight excluding hydrogens is 334 g/mol. The van der Waals surface area contributed by atoms with Crippen LogP contribution in [0.1, 0.15) is 24.2 Å². The van der Waals surface area contributed by atoms with Gasteiger partial charge >= 0.3 is 0 Å². The number of benzene rings is 3. The second-order valence-electron chi connectivity index (χ2n) is 6.39. The molecule has 0 aromatic heterocycles. The zero-order chi connectivity index (χ0) is 17.0. The lowest BCUT2D eigenvalue weighted by atomic mass is 10.1. The molecule has 0 aliphatic rings. The fraction of sp³-hybridized carbons (Fsp3) is 0.190. The molecule has 0 aliphatic carbocycles. The van der Waals surface area contributed by atoms with Crippen LogP contribution in [-0.4, -0.2) is 18.1 Å². The Bertz CT molecular complexity index is 841. The summed E-state index contributed by atoms with van der Waals surface area (Å²) in [5.74, 6) is 0.734. The molecule has 1 amide bonds. The molecule has 0 saturated heterocycles. The normalized spacial score (nSPS) is 10.8. The van der Waals surface area contributed by atoms with Gasteiger partial charge in [-0.05, 0) is 37.4 Å². The van der Waals surface area contributed by atoms with Crippen molar-refractivity contribution in [2.75, 3.05) is 6.54 Å². The van der Waals surface area contributed by atoms with Gasteiger partial charge in [0.05, 0.1) is 6.54 Å². The first kappa shape index (κ1) is 18.8. The van der Waals surface area contributed by atoms with Crippen LogP contribution in [0.4, 0.5) is 0 Å². The highest BCUT2D eigenvalue weighted by atomic mass is 35.5. The summed E-state index contributed by atoms with van der Waals surface area (Å²) in [5.41, 5.74) is 0.132. The lowest BCUT2D eigenvalue weighted by molar-refractivity contribution is 0.0831. The van der Waals surface area contributed by atoms with Gasteiger partial charge in [-0.25, -0.2) is 0 Å². The van der Waals surface area contributed by atoms with Crippen molar-refractivity contribution in [2.24, 2.45) is 0 Å². The molecule has 0 heterocycles. The van der Waals surface area contributed by atoms with Gasteiger partial charge in [0.2, 0.25) is 0 Å². The Hall–Kier alpha value is -2.52. The predicted octanol–water partition coefficient (Wildman–Crippen LogP) is 4.85. The average Bonchev–Trinajstić information content (AvgIpc) is 2.61. The van der Waals surface area contributed by atoms with Crippen LogP contribution < -0.4 is 10.1 Å². The van der Waals surface area contributed by atoms with E-state index in [0.29, 0.717) is 12.1 Å². The number of hydrogen-bond donors (Lipinski definition) is 1. The van der Waals surface area contributed by atoms with Gasteiger partial charge in [0.1, 0.15) is 11.4 Å². The Morgan fingerprint density at radius 2 is 1.56 bits per heavy atom. The molecule has 0 spiro atoms. The van der Waals surface area contributed by atoms with Crippen LogP contribution in [0, 0.1) is 0 Å². The maximum Gasteiger partial charge on any atom is 0.251 e. The molecule has 130 valence electrons. The quantitative estimate of drug-likeness (QED) is 0.710. The van der Waals surface area contributed by atoms with E-state index in [1.54, 1.807) is 12.1 Å². The number of halogens is 1. The van der Waals surface area contributed by atoms with Crippen LogP contribution in [0.15, 0.2) is 72.8 Å². The molecule has 3 rings (SSSR count). The van der Waals surface area contributed by atoms with Gasteiger partial charge in [0.25, 0.3) is 5.91 Å². The molecule has 3 nitrogen and oxygen atoms in total. The summed E-state index contributed by atoms with van der Waals surface area (Å²) in [7, 11) is 0. The summed E-state index contributed by atoms with van der Waals surface area (Å²) in [5, 5.41) is 5.15. The smallest absolute Gasteiger partial charge is 0.251 e. The number of ether oxygens (including phenoxy) is 1. The third kappa shape index (κ3) is 4.74. The molecule has 3 aromatic carbocycles. The molecule has 0 unspecified atom stereocenters. The molecule has 0 atom stereocenters. The van der Waals surface area contributed by atoms with E-state index < -0.39 is 5.60 Å². The maximum absolute atomic E-state index is 12.2. The van der Waals surface area contributed by atoms with Gasteiger partial charge < -0.3 is 10.1 Å². The van der Waals surface area contributed by atoms with Gasteiger partial charge in [-0.2, -0.15) is 0 Å². The van der Waals surface area contributed by atoms with E-state index >= 15 is 0 Å². The first-order valence-electron chi connectivity index (χ1n) is 8.05. The minimum atomic E-state index is -0.519. The van der Waals surface area contributed by atoms with E-state index in [0.717, 1.165) is 16.5 Å². The Morgan fingerprint density at radius 1 is 0.920 bits per heavy atom. The summed E-state index contributed by atoms with van der Waals surface area (Å²) >= 11 is 0. The molecule has 0 bridgehead atoms. The monoisotopic (exact) mass is 355 g/mol. The molecule has 4 heteroatoms. The van der Waals surface area contributed by atoms with Gasteiger partial charge in [0.15, 0.2) is 0 Å². The summed E-state index contributed by atoms with van der Waals surface area (Å²) in [6.07, 6.45) is 0. The Balaban J connectivity index is 0.00000225. The van der Waals surface area contributed by atoms with Crippen LogP contribution >= 0.6 is 12.4 Å². The minimum absolute atomic E-state index is 0. The highest BCUT2D eigenvalue weighted by Gasteiger charge is 2.22. The highest BCUT2D eigenvalue weighted by Crippen LogP contribution is 2.28. The zero-order valence-corrected chi connectivity index (χ0v) is 15.2. The van der Waals surface area contributed by atoms with Crippen molar-refractivity contribution < 1.29 is 9.53 Å². The van der Waals surface area contributed by atoms with Crippen molar-refractivity contribution in [1.29, 1.82) is 0 Å². The van der Waals surface area contributed by atoms with Crippen LogP contribution in [0.2, 0.25) is 0 Å². The number of hydrogen-bond acceptors (Lipinski definition) is 2. The van der Waals surface area contributed by atoms with Gasteiger partial charge in [0, 0.05) is 10.9 Å². The van der Waals surface area contributed by atoms with E-state index in [9.17, 15) is 4.79 Å². The van der Waals surface area contributed by atoms with Crippen molar-refractivity contribution in [3.05, 3.63) is 78.4 Å². The second kappa shape index (κ2) is 8.04. The van der Waals surface area contributed by atoms with Gasteiger partial charge in [-0.1, -0.05) is 54.6 Å². The maximum atomic E-state index is 12.2. The predicted molar refractivity (Wildman–Crippen MR) is 105 cm³/mol. The highest BCUT2D eigenvalue weighted by molar-refractivity contribution is 5.94. The van der Waals surface area contributed by atoms with Gasteiger partial charge in [-0.3, -0.25) is 4.79 Å². The van der Waals surface area contributed by atoms with Crippen molar-refractivity contribution >= 4 is 29.1 Å². The van der Waals surface area contributed by atoms with Crippen molar-refractivity contribution in [3.63, 3.8) is 0 Å². The van der Waals surface area contributed by atoms with E-state index in [-0.39, 0.29) is 18.3 Å². The Labute approximate surface area is 154 Å². The standard InChI is InChI=1S/C21H21NO2.ClH/c1-21(2,15-22-20(23)17-10-4-3-5-11-17)24-19-14-8-12-16-9-6-7-13-18(16)19;/h3-14H,15H2,1-2H3,(H,22,23);1H. The fourth-order valence-corrected chi connectivity index (χ4v) is 2.60. The van der Waals surface area contributed by atoms with E-state index in [1.807, 2.05) is 62.4 Å². The molecule has 0 fully saturated rings. The first-order chi connectivity index (χ1) is 11.6. The molecular formula is C21H22ClNO2. The molecule has 0 saturated carbocycles.